The molecule has 0 aliphatic rings. The van der Waals surface area contributed by atoms with Gasteiger partial charge in [-0.25, -0.2) is 9.78 Å². The van der Waals surface area contributed by atoms with Gasteiger partial charge in [0.05, 0.1) is 12.9 Å². The van der Waals surface area contributed by atoms with Crippen molar-refractivity contribution >= 4 is 5.97 Å². The lowest BCUT2D eigenvalue weighted by Crippen LogP contribution is -2.14. The predicted octanol–water partition coefficient (Wildman–Crippen LogP) is 3.17. The Labute approximate surface area is 103 Å². The van der Waals surface area contributed by atoms with Crippen LogP contribution in [-0.4, -0.2) is 22.5 Å². The second-order valence-electron chi connectivity index (χ2n) is 4.32. The number of rotatable bonds is 8. The summed E-state index contributed by atoms with van der Waals surface area (Å²) in [5.41, 5.74) is 0.355. The van der Waals surface area contributed by atoms with Gasteiger partial charge in [-0.15, -0.1) is 0 Å². The van der Waals surface area contributed by atoms with Crippen molar-refractivity contribution in [3.63, 3.8) is 0 Å². The lowest BCUT2D eigenvalue weighted by molar-refractivity contribution is 0.0421. The number of ether oxygens (including phenoxy) is 1. The highest BCUT2D eigenvalue weighted by Crippen LogP contribution is 2.14. The van der Waals surface area contributed by atoms with Crippen molar-refractivity contribution in [2.24, 2.45) is 5.92 Å². The molecular formula is C13H22N2O2. The predicted molar refractivity (Wildman–Crippen MR) is 66.8 cm³/mol. The molecule has 1 aromatic heterocycles. The van der Waals surface area contributed by atoms with E-state index in [0.29, 0.717) is 18.2 Å². The van der Waals surface area contributed by atoms with Crippen LogP contribution in [0.5, 0.6) is 0 Å². The fraction of sp³-hybridized carbons (Fsp3) is 0.692. The standard InChI is InChI=1S/C13H22N2O2/c1-3-5-6-7-11(4-2)9-17-13(16)12-8-14-10-15-12/h8,10-11H,3-7,9H2,1-2H3,(H,14,15). The zero-order valence-corrected chi connectivity index (χ0v) is 10.7. The van der Waals surface area contributed by atoms with Gasteiger partial charge in [0.25, 0.3) is 0 Å². The lowest BCUT2D eigenvalue weighted by Gasteiger charge is -2.14. The number of unbranched alkanes of at least 4 members (excludes halogenated alkanes) is 2. The van der Waals surface area contributed by atoms with Gasteiger partial charge in [0, 0.05) is 6.20 Å². The molecule has 1 heterocycles. The van der Waals surface area contributed by atoms with Crippen LogP contribution in [0.15, 0.2) is 12.5 Å². The minimum Gasteiger partial charge on any atom is -0.461 e. The van der Waals surface area contributed by atoms with Crippen LogP contribution in [0.4, 0.5) is 0 Å². The summed E-state index contributed by atoms with van der Waals surface area (Å²) in [4.78, 5) is 18.2. The van der Waals surface area contributed by atoms with E-state index in [1.807, 2.05) is 0 Å². The number of carbonyl (C=O) groups excluding carboxylic acids is 1. The molecule has 0 radical (unpaired) electrons. The maximum absolute atomic E-state index is 11.6. The maximum Gasteiger partial charge on any atom is 0.358 e. The first-order valence-electron chi connectivity index (χ1n) is 6.43. The van der Waals surface area contributed by atoms with Crippen molar-refractivity contribution in [1.82, 2.24) is 9.97 Å². The van der Waals surface area contributed by atoms with Crippen molar-refractivity contribution in [3.05, 3.63) is 18.2 Å². The van der Waals surface area contributed by atoms with E-state index in [-0.39, 0.29) is 5.97 Å². The topological polar surface area (TPSA) is 55.0 Å². The summed E-state index contributed by atoms with van der Waals surface area (Å²) in [7, 11) is 0. The zero-order chi connectivity index (χ0) is 12.5. The molecule has 0 aromatic carbocycles. The number of nitrogens with one attached hydrogen (secondary N) is 1. The average Bonchev–Trinajstić information content (AvgIpc) is 2.87. The first-order valence-corrected chi connectivity index (χ1v) is 6.43. The number of hydrogen-bond donors (Lipinski definition) is 1. The molecule has 4 heteroatoms. The van der Waals surface area contributed by atoms with Crippen LogP contribution in [-0.2, 0) is 4.74 Å². The van der Waals surface area contributed by atoms with Crippen molar-refractivity contribution in [2.75, 3.05) is 6.61 Å². The summed E-state index contributed by atoms with van der Waals surface area (Å²) >= 11 is 0. The molecule has 1 rings (SSSR count). The third-order valence-electron chi connectivity index (χ3n) is 2.95. The summed E-state index contributed by atoms with van der Waals surface area (Å²) < 4.78 is 5.25. The van der Waals surface area contributed by atoms with Gasteiger partial charge in [-0.1, -0.05) is 39.5 Å². The number of imidazole rings is 1. The molecular weight excluding hydrogens is 216 g/mol. The smallest absolute Gasteiger partial charge is 0.358 e. The molecule has 0 bridgehead atoms. The molecule has 1 aromatic rings. The van der Waals surface area contributed by atoms with E-state index >= 15 is 0 Å². The van der Waals surface area contributed by atoms with E-state index in [4.69, 9.17) is 4.74 Å². The number of esters is 1. The Kier molecular flexibility index (Phi) is 6.37. The molecule has 0 spiro atoms. The van der Waals surface area contributed by atoms with Crippen molar-refractivity contribution < 1.29 is 9.53 Å². The number of aromatic amines is 1. The summed E-state index contributed by atoms with van der Waals surface area (Å²) in [6, 6.07) is 0. The van der Waals surface area contributed by atoms with Crippen LogP contribution in [0.2, 0.25) is 0 Å². The quantitative estimate of drug-likeness (QED) is 0.559. The molecule has 1 N–H and O–H groups in total. The summed E-state index contributed by atoms with van der Waals surface area (Å²) in [5.74, 6) is 0.143. The van der Waals surface area contributed by atoms with Gasteiger partial charge in [-0.2, -0.15) is 0 Å². The minimum absolute atomic E-state index is 0.333. The second-order valence-corrected chi connectivity index (χ2v) is 4.32. The first kappa shape index (κ1) is 13.7. The van der Waals surface area contributed by atoms with E-state index in [1.54, 1.807) is 6.20 Å². The normalized spacial score (nSPS) is 12.4. The molecule has 0 saturated heterocycles. The fourth-order valence-electron chi connectivity index (χ4n) is 1.73. The van der Waals surface area contributed by atoms with Gasteiger partial charge in [0.15, 0.2) is 5.69 Å². The maximum atomic E-state index is 11.6. The monoisotopic (exact) mass is 238 g/mol. The van der Waals surface area contributed by atoms with Crippen LogP contribution in [0.3, 0.4) is 0 Å². The first-order chi connectivity index (χ1) is 8.27. The number of carbonyl (C=O) groups is 1. The van der Waals surface area contributed by atoms with E-state index in [9.17, 15) is 4.79 Å². The van der Waals surface area contributed by atoms with Gasteiger partial charge in [-0.05, 0) is 12.3 Å². The SMILES string of the molecule is CCCCCC(CC)COC(=O)c1c[nH]cn1. The third kappa shape index (κ3) is 5.02. The Morgan fingerprint density at radius 3 is 2.88 bits per heavy atom. The summed E-state index contributed by atoms with van der Waals surface area (Å²) in [5, 5.41) is 0. The lowest BCUT2D eigenvalue weighted by atomic mass is 10.00. The van der Waals surface area contributed by atoms with E-state index in [0.717, 1.165) is 12.8 Å². The van der Waals surface area contributed by atoms with E-state index < -0.39 is 0 Å². The Bertz CT molecular complexity index is 309. The Hall–Kier alpha value is -1.32. The van der Waals surface area contributed by atoms with Crippen LogP contribution >= 0.6 is 0 Å². The van der Waals surface area contributed by atoms with Crippen molar-refractivity contribution in [2.45, 2.75) is 46.0 Å². The summed E-state index contributed by atoms with van der Waals surface area (Å²) in [6.07, 6.45) is 8.92. The Balaban J connectivity index is 2.25. The van der Waals surface area contributed by atoms with Crippen LogP contribution in [0.1, 0.15) is 56.4 Å². The molecule has 96 valence electrons. The van der Waals surface area contributed by atoms with E-state index in [2.05, 4.69) is 23.8 Å². The van der Waals surface area contributed by atoms with Gasteiger partial charge in [0.1, 0.15) is 0 Å². The molecule has 17 heavy (non-hydrogen) atoms. The number of nitrogens with zero attached hydrogens (tertiary/aromatic N) is 1. The molecule has 1 unspecified atom stereocenters. The molecule has 0 aliphatic heterocycles. The van der Waals surface area contributed by atoms with Gasteiger partial charge < -0.3 is 9.72 Å². The molecule has 0 saturated carbocycles. The van der Waals surface area contributed by atoms with Crippen LogP contribution in [0.25, 0.3) is 0 Å². The number of aromatic nitrogens is 2. The molecule has 0 amide bonds. The minimum atomic E-state index is -0.333. The van der Waals surface area contributed by atoms with Crippen LogP contribution < -0.4 is 0 Å². The van der Waals surface area contributed by atoms with Crippen molar-refractivity contribution in [1.29, 1.82) is 0 Å². The number of H-pyrrole nitrogens is 1. The summed E-state index contributed by atoms with van der Waals surface area (Å²) in [6.45, 7) is 4.84. The Morgan fingerprint density at radius 1 is 1.47 bits per heavy atom. The molecule has 1 atom stereocenters. The third-order valence-corrected chi connectivity index (χ3v) is 2.95. The molecule has 0 fully saturated rings. The van der Waals surface area contributed by atoms with Crippen molar-refractivity contribution in [3.8, 4) is 0 Å². The highest BCUT2D eigenvalue weighted by molar-refractivity contribution is 5.86. The largest absolute Gasteiger partial charge is 0.461 e. The molecule has 0 aliphatic carbocycles. The zero-order valence-electron chi connectivity index (χ0n) is 10.7. The second kappa shape index (κ2) is 7.87. The number of hydrogen-bond acceptors (Lipinski definition) is 3. The highest BCUT2D eigenvalue weighted by Gasteiger charge is 2.12. The highest BCUT2D eigenvalue weighted by atomic mass is 16.5. The molecule has 4 nitrogen and oxygen atoms in total. The van der Waals surface area contributed by atoms with E-state index in [1.165, 1.54) is 25.6 Å². The van der Waals surface area contributed by atoms with Gasteiger partial charge in [-0.3, -0.25) is 0 Å². The van der Waals surface area contributed by atoms with Gasteiger partial charge >= 0.3 is 5.97 Å². The van der Waals surface area contributed by atoms with Gasteiger partial charge in [0.2, 0.25) is 0 Å². The van der Waals surface area contributed by atoms with Crippen LogP contribution in [0, 0.1) is 5.92 Å². The Morgan fingerprint density at radius 2 is 2.29 bits per heavy atom. The average molecular weight is 238 g/mol. The fourth-order valence-corrected chi connectivity index (χ4v) is 1.73.